The largest absolute Gasteiger partial charge is 0.398 e. The van der Waals surface area contributed by atoms with E-state index in [1.54, 1.807) is 11.8 Å². The second-order valence-corrected chi connectivity index (χ2v) is 5.41. The van der Waals surface area contributed by atoms with Gasteiger partial charge in [0.1, 0.15) is 0 Å². The van der Waals surface area contributed by atoms with Gasteiger partial charge in [0.05, 0.1) is 0 Å². The highest BCUT2D eigenvalue weighted by molar-refractivity contribution is 6.00. The van der Waals surface area contributed by atoms with Crippen LogP contribution in [0.3, 0.4) is 0 Å². The molecule has 20 heavy (non-hydrogen) atoms. The molecule has 3 N–H and O–H groups in total. The van der Waals surface area contributed by atoms with Gasteiger partial charge in [-0.3, -0.25) is 4.98 Å². The van der Waals surface area contributed by atoms with Gasteiger partial charge in [-0.1, -0.05) is 11.6 Å². The highest BCUT2D eigenvalue weighted by Gasteiger charge is 2.06. The van der Waals surface area contributed by atoms with Crippen molar-refractivity contribution < 1.29 is 0 Å². The van der Waals surface area contributed by atoms with Crippen molar-refractivity contribution in [3.05, 3.63) is 42.2 Å². The minimum Gasteiger partial charge on any atom is -0.398 e. The number of nitrogens with two attached hydrogens (primary N) is 1. The van der Waals surface area contributed by atoms with Gasteiger partial charge >= 0.3 is 0 Å². The zero-order valence-electron chi connectivity index (χ0n) is 11.7. The number of rotatable bonds is 4. The van der Waals surface area contributed by atoms with Crippen LogP contribution in [0.25, 0.3) is 10.8 Å². The van der Waals surface area contributed by atoms with Gasteiger partial charge in [0.2, 0.25) is 0 Å². The Balaban J connectivity index is 1.71. The van der Waals surface area contributed by atoms with Crippen molar-refractivity contribution >= 4 is 22.1 Å². The van der Waals surface area contributed by atoms with Crippen LogP contribution < -0.4 is 11.1 Å². The summed E-state index contributed by atoms with van der Waals surface area (Å²) in [5.74, 6) is 0. The minimum atomic E-state index is 0.808. The highest BCUT2D eigenvalue weighted by Crippen LogP contribution is 2.27. The molecule has 0 unspecified atom stereocenters. The fourth-order valence-corrected chi connectivity index (χ4v) is 2.86. The third-order valence-corrected chi connectivity index (χ3v) is 4.00. The molecule has 3 heteroatoms. The second kappa shape index (κ2) is 5.95. The van der Waals surface area contributed by atoms with Crippen molar-refractivity contribution in [2.45, 2.75) is 32.1 Å². The monoisotopic (exact) mass is 267 g/mol. The number of anilines is 2. The molecule has 0 saturated heterocycles. The number of nitrogens with zero attached hydrogens (tertiary/aromatic N) is 1. The van der Waals surface area contributed by atoms with E-state index in [2.05, 4.69) is 22.4 Å². The van der Waals surface area contributed by atoms with Gasteiger partial charge in [0.25, 0.3) is 0 Å². The van der Waals surface area contributed by atoms with Crippen molar-refractivity contribution in [3.63, 3.8) is 0 Å². The van der Waals surface area contributed by atoms with Gasteiger partial charge in [0, 0.05) is 41.1 Å². The fraction of sp³-hybridized carbons (Fsp3) is 0.353. The van der Waals surface area contributed by atoms with E-state index in [1.807, 2.05) is 18.3 Å². The van der Waals surface area contributed by atoms with E-state index in [-0.39, 0.29) is 0 Å². The van der Waals surface area contributed by atoms with Crippen molar-refractivity contribution in [1.82, 2.24) is 4.98 Å². The number of allylic oxidation sites excluding steroid dienone is 1. The van der Waals surface area contributed by atoms with Crippen LogP contribution in [0.5, 0.6) is 0 Å². The summed E-state index contributed by atoms with van der Waals surface area (Å²) in [5.41, 5.74) is 9.54. The van der Waals surface area contributed by atoms with Crippen LogP contribution in [0.4, 0.5) is 11.4 Å². The number of benzene rings is 1. The number of pyridine rings is 1. The number of nitrogens with one attached hydrogen (secondary N) is 1. The summed E-state index contributed by atoms with van der Waals surface area (Å²) >= 11 is 0. The van der Waals surface area contributed by atoms with Crippen LogP contribution in [-0.4, -0.2) is 11.5 Å². The van der Waals surface area contributed by atoms with E-state index in [9.17, 15) is 0 Å². The molecule has 0 saturated carbocycles. The molecule has 1 aliphatic rings. The van der Waals surface area contributed by atoms with E-state index in [0.29, 0.717) is 0 Å². The Hall–Kier alpha value is -2.03. The van der Waals surface area contributed by atoms with Crippen LogP contribution in [0.15, 0.2) is 42.2 Å². The van der Waals surface area contributed by atoms with E-state index < -0.39 is 0 Å². The van der Waals surface area contributed by atoms with Gasteiger partial charge in [-0.2, -0.15) is 0 Å². The molecule has 104 valence electrons. The van der Waals surface area contributed by atoms with Gasteiger partial charge in [-0.15, -0.1) is 0 Å². The Bertz CT molecular complexity index is 631. The molecule has 0 aliphatic heterocycles. The first-order valence-electron chi connectivity index (χ1n) is 7.38. The summed E-state index contributed by atoms with van der Waals surface area (Å²) in [4.78, 5) is 4.21. The van der Waals surface area contributed by atoms with Crippen LogP contribution in [-0.2, 0) is 0 Å². The number of aromatic nitrogens is 1. The SMILES string of the molecule is Nc1ccc(NCCC2=CCCCC2)c2cnccc12. The maximum Gasteiger partial charge on any atom is 0.0437 e. The molecule has 0 amide bonds. The van der Waals surface area contributed by atoms with E-state index >= 15 is 0 Å². The third kappa shape index (κ3) is 2.77. The first-order chi connectivity index (χ1) is 9.84. The Labute approximate surface area is 119 Å². The molecular formula is C17H21N3. The third-order valence-electron chi connectivity index (χ3n) is 4.00. The predicted molar refractivity (Wildman–Crippen MR) is 85.8 cm³/mol. The average molecular weight is 267 g/mol. The molecule has 1 aliphatic carbocycles. The summed E-state index contributed by atoms with van der Waals surface area (Å²) in [7, 11) is 0. The molecule has 1 heterocycles. The summed E-state index contributed by atoms with van der Waals surface area (Å²) in [5, 5.41) is 5.70. The topological polar surface area (TPSA) is 50.9 Å². The zero-order valence-corrected chi connectivity index (χ0v) is 11.7. The molecule has 0 bridgehead atoms. The van der Waals surface area contributed by atoms with Gasteiger partial charge in [-0.25, -0.2) is 0 Å². The quantitative estimate of drug-likeness (QED) is 0.647. The van der Waals surface area contributed by atoms with Crippen LogP contribution in [0, 0.1) is 0 Å². The van der Waals surface area contributed by atoms with Crippen LogP contribution >= 0.6 is 0 Å². The lowest BCUT2D eigenvalue weighted by Crippen LogP contribution is -2.05. The maximum atomic E-state index is 6.01. The molecule has 2 aromatic rings. The molecule has 1 aromatic heterocycles. The molecule has 1 aromatic carbocycles. The minimum absolute atomic E-state index is 0.808. The van der Waals surface area contributed by atoms with Crippen molar-refractivity contribution in [2.75, 3.05) is 17.6 Å². The smallest absolute Gasteiger partial charge is 0.0437 e. The lowest BCUT2D eigenvalue weighted by Gasteiger charge is -2.14. The van der Waals surface area contributed by atoms with Crippen molar-refractivity contribution in [2.24, 2.45) is 0 Å². The Morgan fingerprint density at radius 1 is 1.15 bits per heavy atom. The van der Waals surface area contributed by atoms with Gasteiger partial charge in [0.15, 0.2) is 0 Å². The van der Waals surface area contributed by atoms with Gasteiger partial charge in [-0.05, 0) is 50.3 Å². The van der Waals surface area contributed by atoms with Crippen molar-refractivity contribution in [3.8, 4) is 0 Å². The number of fused-ring (bicyclic) bond motifs is 1. The number of hydrogen-bond donors (Lipinski definition) is 2. The molecular weight excluding hydrogens is 246 g/mol. The first-order valence-corrected chi connectivity index (χ1v) is 7.38. The molecule has 0 fully saturated rings. The Morgan fingerprint density at radius 3 is 2.95 bits per heavy atom. The summed E-state index contributed by atoms with van der Waals surface area (Å²) in [6.07, 6.45) is 12.4. The molecule has 0 spiro atoms. The van der Waals surface area contributed by atoms with E-state index in [4.69, 9.17) is 5.73 Å². The molecule has 0 radical (unpaired) electrons. The Kier molecular flexibility index (Phi) is 3.86. The standard InChI is InChI=1S/C17H21N3/c18-16-6-7-17(15-12-19-10-9-14(15)16)20-11-8-13-4-2-1-3-5-13/h4,6-7,9-10,12,20H,1-3,5,8,11,18H2. The predicted octanol–water partition coefficient (Wildman–Crippen LogP) is 4.12. The lowest BCUT2D eigenvalue weighted by atomic mass is 9.97. The summed E-state index contributed by atoms with van der Waals surface area (Å²) < 4.78 is 0. The maximum absolute atomic E-state index is 6.01. The number of nitrogen functional groups attached to an aromatic ring is 1. The van der Waals surface area contributed by atoms with Crippen molar-refractivity contribution in [1.29, 1.82) is 0 Å². The van der Waals surface area contributed by atoms with E-state index in [0.717, 1.165) is 35.1 Å². The Morgan fingerprint density at radius 2 is 2.10 bits per heavy atom. The summed E-state index contributed by atoms with van der Waals surface area (Å²) in [6.45, 7) is 0.972. The van der Waals surface area contributed by atoms with Crippen LogP contribution in [0.2, 0.25) is 0 Å². The molecule has 0 atom stereocenters. The number of hydrogen-bond acceptors (Lipinski definition) is 3. The lowest BCUT2D eigenvalue weighted by molar-refractivity contribution is 0.679. The summed E-state index contributed by atoms with van der Waals surface area (Å²) in [6, 6.07) is 5.98. The average Bonchev–Trinajstić information content (AvgIpc) is 2.51. The fourth-order valence-electron chi connectivity index (χ4n) is 2.86. The normalized spacial score (nSPS) is 15.1. The first kappa shape index (κ1) is 13.0. The molecule has 3 nitrogen and oxygen atoms in total. The van der Waals surface area contributed by atoms with Crippen LogP contribution in [0.1, 0.15) is 32.1 Å². The van der Waals surface area contributed by atoms with E-state index in [1.165, 1.54) is 25.7 Å². The second-order valence-electron chi connectivity index (χ2n) is 5.41. The molecule has 3 rings (SSSR count). The van der Waals surface area contributed by atoms with Gasteiger partial charge < -0.3 is 11.1 Å². The highest BCUT2D eigenvalue weighted by atomic mass is 14.9. The zero-order chi connectivity index (χ0) is 13.8.